The van der Waals surface area contributed by atoms with E-state index in [1.807, 2.05) is 10.7 Å². The van der Waals surface area contributed by atoms with E-state index in [4.69, 9.17) is 9.84 Å². The van der Waals surface area contributed by atoms with Crippen LogP contribution in [0.25, 0.3) is 6.08 Å². The molecule has 1 unspecified atom stereocenters. The van der Waals surface area contributed by atoms with E-state index in [2.05, 4.69) is 5.10 Å². The molecule has 3 aliphatic heterocycles. The molecule has 4 heterocycles. The number of carbonyl (C=O) groups is 3. The van der Waals surface area contributed by atoms with Crippen molar-refractivity contribution >= 4 is 35.6 Å². The molecule has 0 aromatic carbocycles. The molecular weight excluding hydrogens is 360 g/mol. The number of fused-ring (bicyclic) bond motifs is 2. The Kier molecular flexibility index (Phi) is 4.08. The molecule has 1 fully saturated rings. The molecule has 4 rings (SSSR count). The minimum atomic E-state index is -1.11. The van der Waals surface area contributed by atoms with Crippen LogP contribution in [0.5, 0.6) is 0 Å². The summed E-state index contributed by atoms with van der Waals surface area (Å²) in [6, 6.07) is 1.85. The molecular formula is C16H16N4O5S. The fraction of sp³-hybridized carbons (Fsp3) is 0.375. The monoisotopic (exact) mass is 376 g/mol. The lowest BCUT2D eigenvalue weighted by atomic mass is 10.0. The van der Waals surface area contributed by atoms with Crippen molar-refractivity contribution in [2.45, 2.75) is 18.5 Å². The quantitative estimate of drug-likeness (QED) is 0.587. The van der Waals surface area contributed by atoms with Crippen LogP contribution < -0.4 is 0 Å². The fourth-order valence-corrected chi connectivity index (χ4v) is 4.33. The third-order valence-electron chi connectivity index (χ3n) is 4.49. The number of nitrogens with zero attached hydrogens (tertiary/aromatic N) is 4. The Morgan fingerprint density at radius 3 is 3.00 bits per heavy atom. The lowest BCUT2D eigenvalue weighted by Crippen LogP contribution is -2.51. The molecule has 1 aromatic rings. The molecule has 1 N–H and O–H groups in total. The van der Waals surface area contributed by atoms with Crippen LogP contribution in [0.3, 0.4) is 0 Å². The van der Waals surface area contributed by atoms with Gasteiger partial charge in [0, 0.05) is 19.1 Å². The van der Waals surface area contributed by atoms with Gasteiger partial charge in [0.25, 0.3) is 5.91 Å². The van der Waals surface area contributed by atoms with Crippen molar-refractivity contribution in [3.05, 3.63) is 34.1 Å². The summed E-state index contributed by atoms with van der Waals surface area (Å²) < 4.78 is 6.71. The molecule has 0 aliphatic carbocycles. The molecule has 10 heteroatoms. The molecule has 0 saturated carbocycles. The molecule has 3 aliphatic rings. The van der Waals surface area contributed by atoms with Crippen LogP contribution >= 0.6 is 11.8 Å². The first kappa shape index (κ1) is 16.9. The first-order valence-corrected chi connectivity index (χ1v) is 8.91. The summed E-state index contributed by atoms with van der Waals surface area (Å²) in [6.45, 7) is 1.63. The summed E-state index contributed by atoms with van der Waals surface area (Å²) in [6.07, 6.45) is 1.70. The van der Waals surface area contributed by atoms with Crippen molar-refractivity contribution in [1.29, 1.82) is 0 Å². The summed E-state index contributed by atoms with van der Waals surface area (Å²) in [7, 11) is 1.49. The topological polar surface area (TPSA) is 105 Å². The maximum atomic E-state index is 12.3. The van der Waals surface area contributed by atoms with Gasteiger partial charge in [0.15, 0.2) is 0 Å². The number of hydrogen-bond donors (Lipinski definition) is 1. The smallest absolute Gasteiger partial charge is 0.353 e. The zero-order valence-electron chi connectivity index (χ0n) is 13.9. The zero-order valence-corrected chi connectivity index (χ0v) is 14.7. The summed E-state index contributed by atoms with van der Waals surface area (Å²) in [5, 5.41) is 14.8. The SMILES string of the molecule is COCC(=O)N1CCn2nc(/C=C3/C(=O)N4C(C(=O)O)=CSC34)cc2C1. The Balaban J connectivity index is 1.50. The highest BCUT2D eigenvalue weighted by Crippen LogP contribution is 2.45. The van der Waals surface area contributed by atoms with E-state index in [1.165, 1.54) is 29.2 Å². The summed E-state index contributed by atoms with van der Waals surface area (Å²) >= 11 is 1.30. The Morgan fingerprint density at radius 2 is 2.27 bits per heavy atom. The maximum absolute atomic E-state index is 12.3. The first-order chi connectivity index (χ1) is 12.5. The molecule has 0 radical (unpaired) electrons. The molecule has 1 atom stereocenters. The van der Waals surface area contributed by atoms with E-state index in [0.717, 1.165) is 5.69 Å². The summed E-state index contributed by atoms with van der Waals surface area (Å²) in [5.41, 5.74) is 2.07. The summed E-state index contributed by atoms with van der Waals surface area (Å²) in [4.78, 5) is 38.3. The highest BCUT2D eigenvalue weighted by Gasteiger charge is 2.49. The van der Waals surface area contributed by atoms with E-state index in [9.17, 15) is 14.4 Å². The molecule has 26 heavy (non-hydrogen) atoms. The zero-order chi connectivity index (χ0) is 18.4. The standard InChI is InChI=1S/C16H16N4O5S/c1-25-7-13(21)18-2-3-19-10(6-18)4-9(17-19)5-11-14(22)20-12(16(23)24)8-26-15(11)20/h4-5,8,15H,2-3,6-7H2,1H3,(H,23,24)/b11-5-. The number of carboxylic acid groups (broad SMARTS) is 1. The van der Waals surface area contributed by atoms with Gasteiger partial charge in [0.1, 0.15) is 17.7 Å². The van der Waals surface area contributed by atoms with Gasteiger partial charge < -0.3 is 14.7 Å². The second kappa shape index (κ2) is 6.29. The van der Waals surface area contributed by atoms with Crippen LogP contribution in [-0.4, -0.2) is 68.1 Å². The van der Waals surface area contributed by atoms with Gasteiger partial charge in [-0.3, -0.25) is 19.2 Å². The number of amides is 2. The lowest BCUT2D eigenvalue weighted by molar-refractivity contribution is -0.141. The van der Waals surface area contributed by atoms with E-state index in [1.54, 1.807) is 11.0 Å². The van der Waals surface area contributed by atoms with E-state index in [-0.39, 0.29) is 29.5 Å². The van der Waals surface area contributed by atoms with Gasteiger partial charge in [-0.15, -0.1) is 11.8 Å². The van der Waals surface area contributed by atoms with Gasteiger partial charge in [-0.05, 0) is 12.1 Å². The van der Waals surface area contributed by atoms with Crippen molar-refractivity contribution in [1.82, 2.24) is 19.6 Å². The second-order valence-electron chi connectivity index (χ2n) is 6.10. The number of aromatic nitrogens is 2. The minimum absolute atomic E-state index is 0.0126. The molecule has 1 saturated heterocycles. The van der Waals surface area contributed by atoms with Crippen molar-refractivity contribution in [2.75, 3.05) is 20.3 Å². The number of aliphatic carboxylic acids is 1. The number of carboxylic acids is 1. The van der Waals surface area contributed by atoms with E-state index in [0.29, 0.717) is 30.9 Å². The Hall–Kier alpha value is -2.59. The molecule has 9 nitrogen and oxygen atoms in total. The lowest BCUT2D eigenvalue weighted by Gasteiger charge is -2.36. The number of thioether (sulfide) groups is 1. The van der Waals surface area contributed by atoms with Gasteiger partial charge >= 0.3 is 5.97 Å². The number of hydrogen-bond acceptors (Lipinski definition) is 6. The second-order valence-corrected chi connectivity index (χ2v) is 7.06. The van der Waals surface area contributed by atoms with Crippen molar-refractivity contribution in [2.24, 2.45) is 0 Å². The fourth-order valence-electron chi connectivity index (χ4n) is 3.21. The molecule has 2 amide bonds. The normalized spacial score (nSPS) is 22.8. The Morgan fingerprint density at radius 1 is 1.46 bits per heavy atom. The van der Waals surface area contributed by atoms with Crippen molar-refractivity contribution < 1.29 is 24.2 Å². The van der Waals surface area contributed by atoms with Crippen LogP contribution in [-0.2, 0) is 32.2 Å². The molecule has 0 spiro atoms. The number of rotatable bonds is 4. The van der Waals surface area contributed by atoms with Gasteiger partial charge in [0.05, 0.1) is 30.1 Å². The Labute approximate surface area is 152 Å². The number of carbonyl (C=O) groups excluding carboxylic acids is 2. The number of β-lactam (4-membered cyclic amide) rings is 1. The molecule has 0 bridgehead atoms. The van der Waals surface area contributed by atoms with Gasteiger partial charge in [-0.25, -0.2) is 4.79 Å². The van der Waals surface area contributed by atoms with Gasteiger partial charge in [-0.1, -0.05) is 0 Å². The third kappa shape index (κ3) is 2.61. The maximum Gasteiger partial charge on any atom is 0.353 e. The number of methoxy groups -OCH3 is 1. The van der Waals surface area contributed by atoms with Crippen molar-refractivity contribution in [3.63, 3.8) is 0 Å². The van der Waals surface area contributed by atoms with Crippen LogP contribution in [0, 0.1) is 0 Å². The first-order valence-electron chi connectivity index (χ1n) is 7.97. The average Bonchev–Trinajstić information content (AvgIpc) is 3.20. The Bertz CT molecular complexity index is 874. The predicted molar refractivity (Wildman–Crippen MR) is 91.4 cm³/mol. The van der Waals surface area contributed by atoms with Crippen molar-refractivity contribution in [3.8, 4) is 0 Å². The van der Waals surface area contributed by atoms with Crippen LogP contribution in [0.4, 0.5) is 0 Å². The van der Waals surface area contributed by atoms with Gasteiger partial charge in [-0.2, -0.15) is 5.10 Å². The third-order valence-corrected chi connectivity index (χ3v) is 5.58. The predicted octanol–water partition coefficient (Wildman–Crippen LogP) is 0.0962. The van der Waals surface area contributed by atoms with Gasteiger partial charge in [0.2, 0.25) is 5.91 Å². The highest BCUT2D eigenvalue weighted by atomic mass is 32.2. The van der Waals surface area contributed by atoms with E-state index < -0.39 is 5.97 Å². The average molecular weight is 376 g/mol. The number of ether oxygens (including phenoxy) is 1. The minimum Gasteiger partial charge on any atom is -0.477 e. The van der Waals surface area contributed by atoms with E-state index >= 15 is 0 Å². The largest absolute Gasteiger partial charge is 0.477 e. The molecule has 136 valence electrons. The van der Waals surface area contributed by atoms with Crippen LogP contribution in [0.15, 0.2) is 22.7 Å². The highest BCUT2D eigenvalue weighted by molar-refractivity contribution is 8.03. The van der Waals surface area contributed by atoms with Crippen LogP contribution in [0.1, 0.15) is 11.4 Å². The molecule has 1 aromatic heterocycles. The van der Waals surface area contributed by atoms with Crippen LogP contribution in [0.2, 0.25) is 0 Å². The summed E-state index contributed by atoms with van der Waals surface area (Å²) in [5.74, 6) is -1.48.